The molecular weight excluding hydrogens is 356 g/mol. The second kappa shape index (κ2) is 7.50. The van der Waals surface area contributed by atoms with Crippen LogP contribution >= 0.6 is 0 Å². The normalized spacial score (nSPS) is 21.0. The van der Waals surface area contributed by atoms with Gasteiger partial charge in [-0.1, -0.05) is 0 Å². The number of piperidine rings is 1. The summed E-state index contributed by atoms with van der Waals surface area (Å²) in [5, 5.41) is 8.36. The van der Waals surface area contributed by atoms with Gasteiger partial charge in [-0.2, -0.15) is 5.10 Å². The van der Waals surface area contributed by atoms with Crippen LogP contribution in [0.25, 0.3) is 11.0 Å². The fourth-order valence-electron chi connectivity index (χ4n) is 4.27. The largest absolute Gasteiger partial charge is 0.337 e. The molecule has 2 aromatic rings. The molecule has 0 bridgehead atoms. The van der Waals surface area contributed by atoms with Crippen LogP contribution in [0.4, 0.5) is 0 Å². The molecule has 8 heteroatoms. The number of nitrogens with one attached hydrogen (secondary N) is 1. The molecule has 2 aliphatic rings. The third-order valence-electron chi connectivity index (χ3n) is 5.66. The van der Waals surface area contributed by atoms with E-state index in [9.17, 15) is 9.59 Å². The Morgan fingerprint density at radius 3 is 2.89 bits per heavy atom. The molecule has 2 amide bonds. The summed E-state index contributed by atoms with van der Waals surface area (Å²) >= 11 is 0. The van der Waals surface area contributed by atoms with Gasteiger partial charge in [0.15, 0.2) is 5.65 Å². The summed E-state index contributed by atoms with van der Waals surface area (Å²) in [5.41, 5.74) is 2.22. The van der Waals surface area contributed by atoms with Crippen molar-refractivity contribution in [3.05, 3.63) is 23.5 Å². The standard InChI is InChI=1S/C20H28N6O2/c1-13(2)26-19-17(10-22-26)16(9-14(3)23-19)20(28)24-7-4-5-15(12-24)25-8-6-21-11-18(25)27/h9-10,13,15,21H,4-8,11-12H2,1-3H3. The zero-order chi connectivity index (χ0) is 19.8. The maximum Gasteiger partial charge on any atom is 0.254 e. The van der Waals surface area contributed by atoms with Gasteiger partial charge in [-0.3, -0.25) is 9.59 Å². The van der Waals surface area contributed by atoms with E-state index in [1.807, 2.05) is 27.5 Å². The number of carbonyl (C=O) groups is 2. The van der Waals surface area contributed by atoms with E-state index in [1.54, 1.807) is 6.20 Å². The molecule has 0 saturated carbocycles. The number of rotatable bonds is 3. The predicted molar refractivity (Wildman–Crippen MR) is 106 cm³/mol. The third-order valence-corrected chi connectivity index (χ3v) is 5.66. The molecule has 8 nitrogen and oxygen atoms in total. The minimum atomic E-state index is 0.00564. The fraction of sp³-hybridized carbons (Fsp3) is 0.600. The summed E-state index contributed by atoms with van der Waals surface area (Å²) in [7, 11) is 0. The van der Waals surface area contributed by atoms with Gasteiger partial charge in [0, 0.05) is 44.0 Å². The number of nitrogens with zero attached hydrogens (tertiary/aromatic N) is 5. The first kappa shape index (κ1) is 18.9. The van der Waals surface area contributed by atoms with E-state index in [0.29, 0.717) is 25.2 Å². The zero-order valence-corrected chi connectivity index (χ0v) is 16.8. The molecule has 2 fully saturated rings. The van der Waals surface area contributed by atoms with Crippen molar-refractivity contribution >= 4 is 22.8 Å². The highest BCUT2D eigenvalue weighted by Crippen LogP contribution is 2.25. The van der Waals surface area contributed by atoms with Gasteiger partial charge in [-0.25, -0.2) is 9.67 Å². The van der Waals surface area contributed by atoms with Crippen LogP contribution in [0.2, 0.25) is 0 Å². The fourth-order valence-corrected chi connectivity index (χ4v) is 4.27. The van der Waals surface area contributed by atoms with Crippen molar-refractivity contribution in [3.63, 3.8) is 0 Å². The van der Waals surface area contributed by atoms with E-state index in [2.05, 4.69) is 29.2 Å². The van der Waals surface area contributed by atoms with Gasteiger partial charge < -0.3 is 15.1 Å². The lowest BCUT2D eigenvalue weighted by molar-refractivity contribution is -0.135. The lowest BCUT2D eigenvalue weighted by Crippen LogP contribution is -2.57. The predicted octanol–water partition coefficient (Wildman–Crippen LogP) is 1.36. The van der Waals surface area contributed by atoms with Gasteiger partial charge in [0.1, 0.15) is 0 Å². The molecule has 1 N–H and O–H groups in total. The van der Waals surface area contributed by atoms with Crippen LogP contribution in [-0.4, -0.2) is 75.1 Å². The Kier molecular flexibility index (Phi) is 5.05. The number of hydrogen-bond acceptors (Lipinski definition) is 5. The van der Waals surface area contributed by atoms with Crippen LogP contribution in [0.3, 0.4) is 0 Å². The quantitative estimate of drug-likeness (QED) is 0.864. The highest BCUT2D eigenvalue weighted by Gasteiger charge is 2.32. The summed E-state index contributed by atoms with van der Waals surface area (Å²) in [5.74, 6) is 0.136. The van der Waals surface area contributed by atoms with Crippen LogP contribution in [-0.2, 0) is 4.79 Å². The molecule has 2 aliphatic heterocycles. The van der Waals surface area contributed by atoms with Gasteiger partial charge >= 0.3 is 0 Å². The summed E-state index contributed by atoms with van der Waals surface area (Å²) in [6, 6.07) is 2.13. The van der Waals surface area contributed by atoms with Crippen molar-refractivity contribution in [2.45, 2.75) is 45.7 Å². The molecule has 0 radical (unpaired) electrons. The van der Waals surface area contributed by atoms with Gasteiger partial charge in [0.05, 0.1) is 23.7 Å². The topological polar surface area (TPSA) is 83.4 Å². The molecule has 4 heterocycles. The Morgan fingerprint density at radius 1 is 1.32 bits per heavy atom. The molecule has 0 aliphatic carbocycles. The molecule has 1 atom stereocenters. The number of amides is 2. The second-order valence-corrected chi connectivity index (χ2v) is 8.04. The summed E-state index contributed by atoms with van der Waals surface area (Å²) < 4.78 is 1.86. The Bertz CT molecular complexity index is 905. The number of piperazine rings is 1. The van der Waals surface area contributed by atoms with Crippen molar-refractivity contribution in [1.82, 2.24) is 29.9 Å². The summed E-state index contributed by atoms with van der Waals surface area (Å²) in [6.07, 6.45) is 3.61. The molecule has 0 spiro atoms. The minimum absolute atomic E-state index is 0.00564. The smallest absolute Gasteiger partial charge is 0.254 e. The monoisotopic (exact) mass is 384 g/mol. The second-order valence-electron chi connectivity index (χ2n) is 8.04. The molecule has 150 valence electrons. The number of carbonyl (C=O) groups excluding carboxylic acids is 2. The van der Waals surface area contributed by atoms with Crippen molar-refractivity contribution in [2.75, 3.05) is 32.7 Å². The number of pyridine rings is 1. The lowest BCUT2D eigenvalue weighted by atomic mass is 10.0. The van der Waals surface area contributed by atoms with Crippen molar-refractivity contribution in [1.29, 1.82) is 0 Å². The zero-order valence-electron chi connectivity index (χ0n) is 16.8. The highest BCUT2D eigenvalue weighted by molar-refractivity contribution is 6.05. The summed E-state index contributed by atoms with van der Waals surface area (Å²) in [6.45, 7) is 9.24. The van der Waals surface area contributed by atoms with Gasteiger partial charge in [-0.15, -0.1) is 0 Å². The lowest BCUT2D eigenvalue weighted by Gasteiger charge is -2.41. The van der Waals surface area contributed by atoms with Crippen molar-refractivity contribution < 1.29 is 9.59 Å². The van der Waals surface area contributed by atoms with Crippen molar-refractivity contribution in [3.8, 4) is 0 Å². The Hall–Kier alpha value is -2.48. The van der Waals surface area contributed by atoms with E-state index < -0.39 is 0 Å². The first-order chi connectivity index (χ1) is 13.5. The Balaban J connectivity index is 1.61. The number of hydrogen-bond donors (Lipinski definition) is 1. The van der Waals surface area contributed by atoms with E-state index in [0.717, 1.165) is 42.7 Å². The average Bonchev–Trinajstić information content (AvgIpc) is 3.11. The number of likely N-dealkylation sites (tertiary alicyclic amines) is 1. The molecular formula is C20H28N6O2. The van der Waals surface area contributed by atoms with Crippen LogP contribution < -0.4 is 5.32 Å². The summed E-state index contributed by atoms with van der Waals surface area (Å²) in [4.78, 5) is 34.1. The average molecular weight is 384 g/mol. The van der Waals surface area contributed by atoms with Gasteiger partial charge in [-0.05, 0) is 39.7 Å². The highest BCUT2D eigenvalue weighted by atomic mass is 16.2. The van der Waals surface area contributed by atoms with Crippen LogP contribution in [0.15, 0.2) is 12.3 Å². The Morgan fingerprint density at radius 2 is 2.14 bits per heavy atom. The number of aromatic nitrogens is 3. The Labute approximate surface area is 164 Å². The minimum Gasteiger partial charge on any atom is -0.337 e. The van der Waals surface area contributed by atoms with Gasteiger partial charge in [0.2, 0.25) is 5.91 Å². The molecule has 2 saturated heterocycles. The molecule has 2 aromatic heterocycles. The van der Waals surface area contributed by atoms with Crippen LogP contribution in [0, 0.1) is 6.92 Å². The molecule has 0 aromatic carbocycles. The first-order valence-corrected chi connectivity index (χ1v) is 10.1. The van der Waals surface area contributed by atoms with E-state index in [1.165, 1.54) is 0 Å². The van der Waals surface area contributed by atoms with E-state index in [4.69, 9.17) is 0 Å². The SMILES string of the molecule is Cc1cc(C(=O)N2CCCC(N3CCNCC3=O)C2)c2cnn(C(C)C)c2n1. The molecule has 4 rings (SSSR count). The molecule has 1 unspecified atom stereocenters. The maximum atomic E-state index is 13.4. The first-order valence-electron chi connectivity index (χ1n) is 10.1. The van der Waals surface area contributed by atoms with E-state index in [-0.39, 0.29) is 23.9 Å². The van der Waals surface area contributed by atoms with E-state index >= 15 is 0 Å². The number of aryl methyl sites for hydroxylation is 1. The van der Waals surface area contributed by atoms with Gasteiger partial charge in [0.25, 0.3) is 5.91 Å². The van der Waals surface area contributed by atoms with Crippen LogP contribution in [0.1, 0.15) is 48.8 Å². The van der Waals surface area contributed by atoms with Crippen molar-refractivity contribution in [2.24, 2.45) is 0 Å². The van der Waals surface area contributed by atoms with Crippen LogP contribution in [0.5, 0.6) is 0 Å². The third kappa shape index (κ3) is 3.37. The molecule has 28 heavy (non-hydrogen) atoms. The number of fused-ring (bicyclic) bond motifs is 1. The maximum absolute atomic E-state index is 13.4.